The first-order valence-electron chi connectivity index (χ1n) is 6.06. The first kappa shape index (κ1) is 17.5. The van der Waals surface area contributed by atoms with E-state index in [0.717, 1.165) is 6.07 Å². The van der Waals surface area contributed by atoms with Crippen molar-refractivity contribution >= 4 is 26.0 Å². The third kappa shape index (κ3) is 4.47. The molecule has 0 aliphatic heterocycles. The molecule has 0 radical (unpaired) electrons. The van der Waals surface area contributed by atoms with Crippen molar-refractivity contribution in [3.05, 3.63) is 28.2 Å². The smallest absolute Gasteiger partial charge is 0.244 e. The number of hydrogen-bond acceptors (Lipinski definition) is 3. The zero-order valence-corrected chi connectivity index (χ0v) is 13.3. The second-order valence-corrected chi connectivity index (χ2v) is 6.90. The van der Waals surface area contributed by atoms with Gasteiger partial charge in [-0.1, -0.05) is 13.3 Å². The van der Waals surface area contributed by atoms with E-state index in [-0.39, 0.29) is 23.5 Å². The maximum absolute atomic E-state index is 13.6. The fourth-order valence-corrected chi connectivity index (χ4v) is 4.00. The van der Waals surface area contributed by atoms with E-state index in [4.69, 9.17) is 5.11 Å². The molecule has 0 fully saturated rings. The molecule has 2 N–H and O–H groups in total. The number of benzene rings is 1. The van der Waals surface area contributed by atoms with Crippen LogP contribution in [0.25, 0.3) is 0 Å². The van der Waals surface area contributed by atoms with E-state index in [9.17, 15) is 17.2 Å². The zero-order chi connectivity index (χ0) is 15.3. The molecule has 1 unspecified atom stereocenters. The average molecular weight is 372 g/mol. The topological polar surface area (TPSA) is 66.4 Å². The lowest BCUT2D eigenvalue weighted by Gasteiger charge is -2.15. The molecule has 0 saturated carbocycles. The van der Waals surface area contributed by atoms with Crippen molar-refractivity contribution in [2.75, 3.05) is 13.2 Å². The highest BCUT2D eigenvalue weighted by molar-refractivity contribution is 9.10. The Morgan fingerprint density at radius 1 is 1.40 bits per heavy atom. The van der Waals surface area contributed by atoms with Crippen LogP contribution in [-0.4, -0.2) is 26.7 Å². The van der Waals surface area contributed by atoms with Crippen molar-refractivity contribution in [2.24, 2.45) is 5.92 Å². The third-order valence-corrected chi connectivity index (χ3v) is 5.30. The summed E-state index contributed by atoms with van der Waals surface area (Å²) in [5.41, 5.74) is 0. The quantitative estimate of drug-likeness (QED) is 0.773. The summed E-state index contributed by atoms with van der Waals surface area (Å²) in [5, 5.41) is 8.85. The summed E-state index contributed by atoms with van der Waals surface area (Å²) < 4.78 is 52.8. The molecular formula is C12H16BrF2NO3S. The molecule has 0 aliphatic rings. The lowest BCUT2D eigenvalue weighted by atomic mass is 10.0. The Balaban J connectivity index is 2.95. The number of aliphatic hydroxyl groups is 1. The lowest BCUT2D eigenvalue weighted by molar-refractivity contribution is 0.254. The van der Waals surface area contributed by atoms with Gasteiger partial charge in [0.05, 0.1) is 0 Å². The Morgan fingerprint density at radius 3 is 2.55 bits per heavy atom. The predicted octanol–water partition coefficient (Wildman–Crippen LogP) is 2.41. The van der Waals surface area contributed by atoms with Crippen LogP contribution in [0.5, 0.6) is 0 Å². The van der Waals surface area contributed by atoms with Crippen molar-refractivity contribution in [3.8, 4) is 0 Å². The van der Waals surface area contributed by atoms with Crippen LogP contribution in [0, 0.1) is 17.6 Å². The molecule has 1 aromatic carbocycles. The van der Waals surface area contributed by atoms with Gasteiger partial charge in [-0.2, -0.15) is 0 Å². The molecule has 0 spiro atoms. The lowest BCUT2D eigenvalue weighted by Crippen LogP contribution is -2.30. The van der Waals surface area contributed by atoms with E-state index in [1.807, 2.05) is 6.92 Å². The fraction of sp³-hybridized carbons (Fsp3) is 0.500. The molecule has 1 rings (SSSR count). The molecular weight excluding hydrogens is 356 g/mol. The normalized spacial score (nSPS) is 13.4. The van der Waals surface area contributed by atoms with Gasteiger partial charge in [-0.25, -0.2) is 21.9 Å². The van der Waals surface area contributed by atoms with Crippen LogP contribution >= 0.6 is 15.9 Å². The van der Waals surface area contributed by atoms with Crippen LogP contribution in [0.1, 0.15) is 19.8 Å². The summed E-state index contributed by atoms with van der Waals surface area (Å²) in [5.74, 6) is -2.06. The molecule has 0 saturated heterocycles. The maximum Gasteiger partial charge on any atom is 0.244 e. The summed E-state index contributed by atoms with van der Waals surface area (Å²) in [7, 11) is -4.08. The Bertz CT molecular complexity index is 543. The van der Waals surface area contributed by atoms with Crippen molar-refractivity contribution in [3.63, 3.8) is 0 Å². The molecule has 20 heavy (non-hydrogen) atoms. The van der Waals surface area contributed by atoms with E-state index >= 15 is 0 Å². The van der Waals surface area contributed by atoms with Gasteiger partial charge >= 0.3 is 0 Å². The largest absolute Gasteiger partial charge is 0.396 e. The number of rotatable bonds is 7. The van der Waals surface area contributed by atoms with E-state index < -0.39 is 26.6 Å². The number of sulfonamides is 1. The first-order valence-corrected chi connectivity index (χ1v) is 8.34. The zero-order valence-electron chi connectivity index (χ0n) is 10.9. The standard InChI is InChI=1S/C12H16BrF2NO3S/c1-2-8(3-4-17)7-16-20(18,19)12-10(13)5-9(14)6-11(12)15/h5-6,8,16-17H,2-4,7H2,1H3. The van der Waals surface area contributed by atoms with Gasteiger partial charge in [-0.05, 0) is 34.3 Å². The maximum atomic E-state index is 13.6. The second-order valence-electron chi connectivity index (χ2n) is 4.34. The van der Waals surface area contributed by atoms with E-state index in [2.05, 4.69) is 20.7 Å². The van der Waals surface area contributed by atoms with Crippen molar-refractivity contribution in [1.29, 1.82) is 0 Å². The summed E-state index contributed by atoms with van der Waals surface area (Å²) in [6, 6.07) is 1.41. The van der Waals surface area contributed by atoms with Gasteiger partial charge in [0.1, 0.15) is 16.5 Å². The number of halogens is 3. The highest BCUT2D eigenvalue weighted by atomic mass is 79.9. The molecule has 1 atom stereocenters. The van der Waals surface area contributed by atoms with Crippen LogP contribution < -0.4 is 4.72 Å². The Morgan fingerprint density at radius 2 is 2.05 bits per heavy atom. The molecule has 0 aliphatic carbocycles. The molecule has 114 valence electrons. The molecule has 0 aromatic heterocycles. The van der Waals surface area contributed by atoms with Crippen LogP contribution in [0.2, 0.25) is 0 Å². The molecule has 1 aromatic rings. The molecule has 0 amide bonds. The summed E-state index contributed by atoms with van der Waals surface area (Å²) in [6.45, 7) is 1.90. The minimum Gasteiger partial charge on any atom is -0.396 e. The molecule has 0 heterocycles. The summed E-state index contributed by atoms with van der Waals surface area (Å²) in [4.78, 5) is -0.613. The third-order valence-electron chi connectivity index (χ3n) is 2.91. The number of nitrogens with one attached hydrogen (secondary N) is 1. The number of aliphatic hydroxyl groups excluding tert-OH is 1. The highest BCUT2D eigenvalue weighted by Gasteiger charge is 2.24. The minimum atomic E-state index is -4.08. The monoisotopic (exact) mass is 371 g/mol. The van der Waals surface area contributed by atoms with Gasteiger partial charge in [-0.15, -0.1) is 0 Å². The van der Waals surface area contributed by atoms with Gasteiger partial charge < -0.3 is 5.11 Å². The Labute approximate surface area is 125 Å². The summed E-state index contributed by atoms with van der Waals surface area (Å²) in [6.07, 6.45) is 1.13. The molecule has 0 bridgehead atoms. The van der Waals surface area contributed by atoms with Crippen molar-refractivity contribution in [1.82, 2.24) is 4.72 Å². The van der Waals surface area contributed by atoms with Crippen LogP contribution in [0.4, 0.5) is 8.78 Å². The molecule has 8 heteroatoms. The Hall–Kier alpha value is -0.570. The van der Waals surface area contributed by atoms with Crippen LogP contribution in [0.15, 0.2) is 21.5 Å². The van der Waals surface area contributed by atoms with Gasteiger partial charge in [0.15, 0.2) is 0 Å². The van der Waals surface area contributed by atoms with Crippen LogP contribution in [0.3, 0.4) is 0 Å². The molecule has 4 nitrogen and oxygen atoms in total. The van der Waals surface area contributed by atoms with Gasteiger partial charge in [0.2, 0.25) is 10.0 Å². The summed E-state index contributed by atoms with van der Waals surface area (Å²) >= 11 is 2.85. The van der Waals surface area contributed by atoms with Crippen LogP contribution in [-0.2, 0) is 10.0 Å². The van der Waals surface area contributed by atoms with Gasteiger partial charge in [0, 0.05) is 23.7 Å². The number of hydrogen-bond donors (Lipinski definition) is 2. The SMILES string of the molecule is CCC(CCO)CNS(=O)(=O)c1c(F)cc(F)cc1Br. The van der Waals surface area contributed by atoms with E-state index in [1.54, 1.807) is 0 Å². The highest BCUT2D eigenvalue weighted by Crippen LogP contribution is 2.26. The van der Waals surface area contributed by atoms with Gasteiger partial charge in [0.25, 0.3) is 0 Å². The predicted molar refractivity (Wildman–Crippen MR) is 74.7 cm³/mol. The average Bonchev–Trinajstić information content (AvgIpc) is 2.32. The van der Waals surface area contributed by atoms with Crippen molar-refractivity contribution < 1.29 is 22.3 Å². The fourth-order valence-electron chi connectivity index (χ4n) is 1.72. The van der Waals surface area contributed by atoms with Crippen molar-refractivity contribution in [2.45, 2.75) is 24.7 Å². The van der Waals surface area contributed by atoms with Gasteiger partial charge in [-0.3, -0.25) is 0 Å². The van der Waals surface area contributed by atoms with E-state index in [1.165, 1.54) is 0 Å². The Kier molecular flexibility index (Phi) is 6.50. The first-order chi connectivity index (χ1) is 9.31. The second kappa shape index (κ2) is 7.44. The minimum absolute atomic E-state index is 0.0444. The van der Waals surface area contributed by atoms with E-state index in [0.29, 0.717) is 18.9 Å².